The van der Waals surface area contributed by atoms with E-state index in [9.17, 15) is 13.2 Å². The van der Waals surface area contributed by atoms with Crippen LogP contribution < -0.4 is 5.43 Å². The molecule has 2 heterocycles. The Hall–Kier alpha value is -1.67. The average molecular weight is 303 g/mol. The van der Waals surface area contributed by atoms with Crippen LogP contribution in [-0.4, -0.2) is 28.2 Å². The number of halogens is 1. The summed E-state index contributed by atoms with van der Waals surface area (Å²) in [6, 6.07) is 1.05. The Bertz CT molecular complexity index is 763. The lowest BCUT2D eigenvalue weighted by atomic mass is 10.2. The molecule has 0 aliphatic heterocycles. The molecule has 2 aromatic heterocycles. The van der Waals surface area contributed by atoms with E-state index in [-0.39, 0.29) is 28.0 Å². The van der Waals surface area contributed by atoms with Crippen molar-refractivity contribution in [3.63, 3.8) is 0 Å². The quantitative estimate of drug-likeness (QED) is 0.857. The largest absolute Gasteiger partial charge is 0.367 e. The SMILES string of the molecule is CC(C)n1c(-c2c[nH]ccc2=O)nnc1S(=O)(=O)Cl. The minimum Gasteiger partial charge on any atom is -0.367 e. The smallest absolute Gasteiger partial charge is 0.296 e. The second-order valence-electron chi connectivity index (χ2n) is 4.13. The molecule has 1 N–H and O–H groups in total. The number of aromatic nitrogens is 4. The molecule has 7 nitrogen and oxygen atoms in total. The Morgan fingerprint density at radius 1 is 1.37 bits per heavy atom. The Morgan fingerprint density at radius 2 is 2.05 bits per heavy atom. The molecule has 0 atom stereocenters. The fourth-order valence-corrected chi connectivity index (χ4v) is 2.67. The monoisotopic (exact) mass is 302 g/mol. The third kappa shape index (κ3) is 2.54. The molecule has 0 saturated carbocycles. The highest BCUT2D eigenvalue weighted by atomic mass is 35.7. The molecule has 0 saturated heterocycles. The summed E-state index contributed by atoms with van der Waals surface area (Å²) in [6.45, 7) is 3.49. The van der Waals surface area contributed by atoms with Gasteiger partial charge in [0.15, 0.2) is 11.3 Å². The van der Waals surface area contributed by atoms with Gasteiger partial charge in [0, 0.05) is 35.2 Å². The first-order valence-electron chi connectivity index (χ1n) is 5.39. The fraction of sp³-hybridized carbons (Fsp3) is 0.300. The number of H-pyrrole nitrogens is 1. The van der Waals surface area contributed by atoms with Crippen LogP contribution in [0.5, 0.6) is 0 Å². The highest BCUT2D eigenvalue weighted by Gasteiger charge is 2.25. The number of aromatic amines is 1. The molecule has 0 radical (unpaired) electrons. The van der Waals surface area contributed by atoms with E-state index in [1.165, 1.54) is 23.0 Å². The van der Waals surface area contributed by atoms with Gasteiger partial charge in [0.25, 0.3) is 14.2 Å². The first-order valence-corrected chi connectivity index (χ1v) is 7.70. The van der Waals surface area contributed by atoms with E-state index in [2.05, 4.69) is 15.2 Å². The van der Waals surface area contributed by atoms with Crippen LogP contribution in [0.3, 0.4) is 0 Å². The van der Waals surface area contributed by atoms with E-state index in [4.69, 9.17) is 10.7 Å². The summed E-state index contributed by atoms with van der Waals surface area (Å²) < 4.78 is 24.2. The van der Waals surface area contributed by atoms with Crippen LogP contribution in [0.1, 0.15) is 19.9 Å². The summed E-state index contributed by atoms with van der Waals surface area (Å²) >= 11 is 0. The topological polar surface area (TPSA) is 97.7 Å². The molecule has 9 heteroatoms. The fourth-order valence-electron chi connectivity index (χ4n) is 1.68. The maximum atomic E-state index is 11.8. The van der Waals surface area contributed by atoms with Gasteiger partial charge in [0.1, 0.15) is 0 Å². The van der Waals surface area contributed by atoms with Gasteiger partial charge in [-0.15, -0.1) is 10.2 Å². The molecule has 0 amide bonds. The van der Waals surface area contributed by atoms with Gasteiger partial charge in [-0.05, 0) is 13.8 Å². The van der Waals surface area contributed by atoms with E-state index < -0.39 is 9.05 Å². The third-order valence-electron chi connectivity index (χ3n) is 2.46. The van der Waals surface area contributed by atoms with Crippen molar-refractivity contribution in [2.24, 2.45) is 0 Å². The average Bonchev–Trinajstić information content (AvgIpc) is 2.73. The molecule has 0 bridgehead atoms. The van der Waals surface area contributed by atoms with Gasteiger partial charge in [-0.25, -0.2) is 8.42 Å². The van der Waals surface area contributed by atoms with Crippen molar-refractivity contribution in [1.82, 2.24) is 19.7 Å². The second kappa shape index (κ2) is 4.78. The first kappa shape index (κ1) is 13.8. The van der Waals surface area contributed by atoms with Gasteiger partial charge < -0.3 is 4.98 Å². The third-order valence-corrected chi connectivity index (χ3v) is 3.59. The van der Waals surface area contributed by atoms with Crippen LogP contribution in [0.2, 0.25) is 0 Å². The number of nitrogens with zero attached hydrogens (tertiary/aromatic N) is 3. The van der Waals surface area contributed by atoms with Crippen molar-refractivity contribution >= 4 is 19.7 Å². The molecule has 2 rings (SSSR count). The number of hydrogen-bond donors (Lipinski definition) is 1. The van der Waals surface area contributed by atoms with Gasteiger partial charge >= 0.3 is 0 Å². The summed E-state index contributed by atoms with van der Waals surface area (Å²) in [7, 11) is 1.28. The minimum atomic E-state index is -4.03. The molecule has 0 aliphatic carbocycles. The molecule has 0 fully saturated rings. The van der Waals surface area contributed by atoms with Gasteiger partial charge in [-0.1, -0.05) is 0 Å². The predicted octanol–water partition coefficient (Wildman–Crippen LogP) is 1.14. The van der Waals surface area contributed by atoms with Crippen molar-refractivity contribution in [3.8, 4) is 11.4 Å². The lowest BCUT2D eigenvalue weighted by molar-refractivity contribution is 0.530. The number of rotatable bonds is 3. The van der Waals surface area contributed by atoms with Crippen LogP contribution in [0.4, 0.5) is 0 Å². The Morgan fingerprint density at radius 3 is 2.58 bits per heavy atom. The van der Waals surface area contributed by atoms with Crippen LogP contribution in [-0.2, 0) is 9.05 Å². The van der Waals surface area contributed by atoms with Crippen LogP contribution in [0.15, 0.2) is 28.4 Å². The van der Waals surface area contributed by atoms with Crippen LogP contribution in [0.25, 0.3) is 11.4 Å². The predicted molar refractivity (Wildman–Crippen MR) is 69.5 cm³/mol. The van der Waals surface area contributed by atoms with Crippen LogP contribution in [0, 0.1) is 0 Å². The minimum absolute atomic E-state index is 0.163. The van der Waals surface area contributed by atoms with Crippen molar-refractivity contribution in [1.29, 1.82) is 0 Å². The van der Waals surface area contributed by atoms with Gasteiger partial charge in [0.05, 0.1) is 5.56 Å². The van der Waals surface area contributed by atoms with E-state index in [1.807, 2.05) is 0 Å². The summed E-state index contributed by atoms with van der Waals surface area (Å²) in [5, 5.41) is 6.96. The molecule has 19 heavy (non-hydrogen) atoms. The normalized spacial score (nSPS) is 12.0. The summed E-state index contributed by atoms with van der Waals surface area (Å²) in [5.74, 6) is 0.163. The molecular formula is C10H11ClN4O3S. The molecule has 0 aromatic carbocycles. The Labute approximate surface area is 113 Å². The maximum absolute atomic E-state index is 11.8. The Kier molecular flexibility index (Phi) is 3.46. The zero-order valence-electron chi connectivity index (χ0n) is 10.2. The van der Waals surface area contributed by atoms with E-state index in [1.54, 1.807) is 13.8 Å². The lowest BCUT2D eigenvalue weighted by Crippen LogP contribution is -2.13. The molecule has 102 valence electrons. The highest BCUT2D eigenvalue weighted by molar-refractivity contribution is 8.13. The highest BCUT2D eigenvalue weighted by Crippen LogP contribution is 2.23. The zero-order valence-corrected chi connectivity index (χ0v) is 11.7. The molecule has 0 unspecified atom stereocenters. The second-order valence-corrected chi connectivity index (χ2v) is 6.59. The lowest BCUT2D eigenvalue weighted by Gasteiger charge is -2.11. The standard InChI is InChI=1S/C10H11ClN4O3S/c1-6(2)15-9(7-5-12-4-3-8(7)16)13-14-10(15)19(11,17)18/h3-6H,1-2H3,(H,12,16). The van der Waals surface area contributed by atoms with Crippen molar-refractivity contribution in [2.45, 2.75) is 25.0 Å². The van der Waals surface area contributed by atoms with E-state index in [0.29, 0.717) is 0 Å². The number of pyridine rings is 1. The first-order chi connectivity index (χ1) is 8.82. The summed E-state index contributed by atoms with van der Waals surface area (Å²) in [4.78, 5) is 14.5. The molecule has 0 aliphatic rings. The van der Waals surface area contributed by atoms with Crippen molar-refractivity contribution in [2.75, 3.05) is 0 Å². The molecular weight excluding hydrogens is 292 g/mol. The maximum Gasteiger partial charge on any atom is 0.296 e. The summed E-state index contributed by atoms with van der Waals surface area (Å²) in [5.41, 5.74) is -0.0539. The summed E-state index contributed by atoms with van der Waals surface area (Å²) in [6.07, 6.45) is 2.91. The Balaban J connectivity index is 2.77. The zero-order chi connectivity index (χ0) is 14.2. The van der Waals surface area contributed by atoms with Gasteiger partial charge in [0.2, 0.25) is 0 Å². The van der Waals surface area contributed by atoms with Gasteiger partial charge in [-0.3, -0.25) is 9.36 Å². The van der Waals surface area contributed by atoms with Gasteiger partial charge in [-0.2, -0.15) is 0 Å². The van der Waals surface area contributed by atoms with E-state index in [0.717, 1.165) is 0 Å². The number of nitrogens with one attached hydrogen (secondary N) is 1. The molecule has 0 spiro atoms. The van der Waals surface area contributed by atoms with Crippen LogP contribution >= 0.6 is 10.7 Å². The molecule has 2 aromatic rings. The van der Waals surface area contributed by atoms with Crippen molar-refractivity contribution in [3.05, 3.63) is 28.7 Å². The number of hydrogen-bond acceptors (Lipinski definition) is 5. The van der Waals surface area contributed by atoms with E-state index >= 15 is 0 Å². The van der Waals surface area contributed by atoms with Crippen molar-refractivity contribution < 1.29 is 8.42 Å².